The monoisotopic (exact) mass is 347 g/mol. The van der Waals surface area contributed by atoms with Crippen molar-refractivity contribution in [1.82, 2.24) is 4.90 Å². The summed E-state index contributed by atoms with van der Waals surface area (Å²) >= 11 is 5.99. The van der Waals surface area contributed by atoms with Gasteiger partial charge in [-0.1, -0.05) is 24.3 Å². The van der Waals surface area contributed by atoms with E-state index in [0.29, 0.717) is 16.7 Å². The van der Waals surface area contributed by atoms with Gasteiger partial charge in [0.05, 0.1) is 0 Å². The van der Waals surface area contributed by atoms with Crippen LogP contribution >= 0.6 is 11.6 Å². The number of alkyl halides is 1. The molecule has 1 aromatic carbocycles. The molecule has 2 aliphatic rings. The van der Waals surface area contributed by atoms with E-state index in [-0.39, 0.29) is 35.6 Å². The van der Waals surface area contributed by atoms with Gasteiger partial charge in [0.1, 0.15) is 11.3 Å². The first-order valence-electron chi connectivity index (χ1n) is 7.73. The molecule has 24 heavy (non-hydrogen) atoms. The molecule has 0 N–H and O–H groups in total. The predicted molar refractivity (Wildman–Crippen MR) is 89.3 cm³/mol. The normalized spacial score (nSPS) is 20.2. The minimum absolute atomic E-state index is 0.110. The third-order valence-electron chi connectivity index (χ3n) is 4.01. The standard InChI is InChI=1S/C18H18ClNO4/c1-18(2,3)24-17(23)20-9-10(8-19)13-14(20)16(22)12-7-5-4-6-11(12)15(13)21/h4-7,10H,8-9H2,1-3H3/t10-/m1/s1. The number of halogens is 1. The number of carbonyl (C=O) groups is 3. The second-order valence-corrected chi connectivity index (χ2v) is 7.22. The Bertz CT molecular complexity index is 775. The van der Waals surface area contributed by atoms with Gasteiger partial charge in [0.15, 0.2) is 5.78 Å². The highest BCUT2D eigenvalue weighted by Gasteiger charge is 2.46. The van der Waals surface area contributed by atoms with E-state index >= 15 is 0 Å². The summed E-state index contributed by atoms with van der Waals surface area (Å²) in [5, 5.41) is 0. The van der Waals surface area contributed by atoms with E-state index < -0.39 is 11.7 Å². The molecule has 0 spiro atoms. The van der Waals surface area contributed by atoms with Crippen molar-refractivity contribution >= 4 is 29.3 Å². The molecule has 5 nitrogen and oxygen atoms in total. The molecule has 126 valence electrons. The molecule has 0 fully saturated rings. The number of hydrogen-bond acceptors (Lipinski definition) is 4. The van der Waals surface area contributed by atoms with Gasteiger partial charge in [0, 0.05) is 35.0 Å². The highest BCUT2D eigenvalue weighted by atomic mass is 35.5. The first kappa shape index (κ1) is 16.7. The summed E-state index contributed by atoms with van der Waals surface area (Å²) in [5.41, 5.74) is 0.404. The molecule has 0 radical (unpaired) electrons. The maximum atomic E-state index is 12.9. The zero-order valence-corrected chi connectivity index (χ0v) is 14.5. The lowest BCUT2D eigenvalue weighted by Gasteiger charge is -2.26. The first-order valence-corrected chi connectivity index (χ1v) is 8.27. The van der Waals surface area contributed by atoms with Crippen molar-refractivity contribution in [3.8, 4) is 0 Å². The van der Waals surface area contributed by atoms with Crippen molar-refractivity contribution in [1.29, 1.82) is 0 Å². The number of rotatable bonds is 1. The molecule has 1 atom stereocenters. The summed E-state index contributed by atoms with van der Waals surface area (Å²) in [4.78, 5) is 39.5. The van der Waals surface area contributed by atoms with E-state index in [0.717, 1.165) is 0 Å². The van der Waals surface area contributed by atoms with Crippen LogP contribution in [0.2, 0.25) is 0 Å². The fraction of sp³-hybridized carbons (Fsp3) is 0.389. The minimum atomic E-state index is -0.698. The van der Waals surface area contributed by atoms with Gasteiger partial charge in [0.25, 0.3) is 0 Å². The van der Waals surface area contributed by atoms with E-state index in [2.05, 4.69) is 0 Å². The Labute approximate surface area is 145 Å². The molecular formula is C18H18ClNO4. The summed E-state index contributed by atoms with van der Waals surface area (Å²) in [7, 11) is 0. The Morgan fingerprint density at radius 1 is 1.21 bits per heavy atom. The Balaban J connectivity index is 2.07. The Hall–Kier alpha value is -2.14. The van der Waals surface area contributed by atoms with Crippen molar-refractivity contribution in [3.63, 3.8) is 0 Å². The van der Waals surface area contributed by atoms with Crippen LogP contribution in [-0.4, -0.2) is 40.6 Å². The van der Waals surface area contributed by atoms with Gasteiger partial charge in [-0.05, 0) is 20.8 Å². The molecule has 3 rings (SSSR count). The van der Waals surface area contributed by atoms with Crippen molar-refractivity contribution in [2.24, 2.45) is 5.92 Å². The summed E-state index contributed by atoms with van der Waals surface area (Å²) in [6.45, 7) is 5.42. The molecule has 0 saturated carbocycles. The van der Waals surface area contributed by atoms with Crippen LogP contribution in [0.25, 0.3) is 0 Å². The molecule has 6 heteroatoms. The van der Waals surface area contributed by atoms with Gasteiger partial charge < -0.3 is 4.74 Å². The number of benzene rings is 1. The molecular weight excluding hydrogens is 330 g/mol. The summed E-state index contributed by atoms with van der Waals surface area (Å²) in [6.07, 6.45) is -0.636. The zero-order valence-electron chi connectivity index (χ0n) is 13.8. The minimum Gasteiger partial charge on any atom is -0.443 e. The number of fused-ring (bicyclic) bond motifs is 1. The van der Waals surface area contributed by atoms with E-state index in [1.165, 1.54) is 4.90 Å². The lowest BCUT2D eigenvalue weighted by molar-refractivity contribution is 0.0313. The molecule has 0 saturated heterocycles. The van der Waals surface area contributed by atoms with E-state index in [1.54, 1.807) is 45.0 Å². The third kappa shape index (κ3) is 2.63. The van der Waals surface area contributed by atoms with Crippen LogP contribution in [0.1, 0.15) is 41.5 Å². The number of carbonyl (C=O) groups excluding carboxylic acids is 3. The largest absolute Gasteiger partial charge is 0.443 e. The fourth-order valence-electron chi connectivity index (χ4n) is 3.04. The Morgan fingerprint density at radius 2 is 1.79 bits per heavy atom. The topological polar surface area (TPSA) is 63.7 Å². The van der Waals surface area contributed by atoms with Crippen molar-refractivity contribution in [2.75, 3.05) is 12.4 Å². The number of nitrogens with zero attached hydrogens (tertiary/aromatic N) is 1. The van der Waals surface area contributed by atoms with E-state index in [4.69, 9.17) is 16.3 Å². The number of ketones is 2. The average molecular weight is 348 g/mol. The second-order valence-electron chi connectivity index (χ2n) is 6.91. The predicted octanol–water partition coefficient (Wildman–Crippen LogP) is 3.43. The first-order chi connectivity index (χ1) is 11.2. The second kappa shape index (κ2) is 5.74. The van der Waals surface area contributed by atoms with Gasteiger partial charge in [-0.3, -0.25) is 14.5 Å². The molecule has 1 amide bonds. The fourth-order valence-corrected chi connectivity index (χ4v) is 3.29. The smallest absolute Gasteiger partial charge is 0.414 e. The van der Waals surface area contributed by atoms with E-state index in [1.807, 2.05) is 0 Å². The number of ether oxygens (including phenoxy) is 1. The van der Waals surface area contributed by atoms with Crippen molar-refractivity contribution in [3.05, 3.63) is 46.7 Å². The van der Waals surface area contributed by atoms with Gasteiger partial charge >= 0.3 is 6.09 Å². The zero-order chi connectivity index (χ0) is 17.6. The molecule has 1 aliphatic carbocycles. The van der Waals surface area contributed by atoms with Crippen molar-refractivity contribution < 1.29 is 19.1 Å². The van der Waals surface area contributed by atoms with Crippen molar-refractivity contribution in [2.45, 2.75) is 26.4 Å². The van der Waals surface area contributed by atoms with Gasteiger partial charge in [-0.25, -0.2) is 4.79 Å². The molecule has 1 heterocycles. The lowest BCUT2D eigenvalue weighted by atomic mass is 9.84. The van der Waals surface area contributed by atoms with Gasteiger partial charge in [-0.2, -0.15) is 0 Å². The average Bonchev–Trinajstić information content (AvgIpc) is 2.91. The molecule has 1 aromatic rings. The number of amides is 1. The van der Waals surface area contributed by atoms with Crippen LogP contribution in [0.5, 0.6) is 0 Å². The third-order valence-corrected chi connectivity index (χ3v) is 4.38. The highest BCUT2D eigenvalue weighted by molar-refractivity contribution is 6.29. The molecule has 1 aliphatic heterocycles. The van der Waals surface area contributed by atoms with Crippen LogP contribution in [-0.2, 0) is 4.74 Å². The molecule has 0 bridgehead atoms. The summed E-state index contributed by atoms with van der Waals surface area (Å²) in [5.74, 6) is -0.797. The van der Waals surface area contributed by atoms with Crippen LogP contribution in [0, 0.1) is 5.92 Å². The van der Waals surface area contributed by atoms with Crippen LogP contribution in [0.3, 0.4) is 0 Å². The number of hydrogen-bond donors (Lipinski definition) is 0. The molecule has 0 aromatic heterocycles. The summed E-state index contributed by atoms with van der Waals surface area (Å²) < 4.78 is 5.38. The molecule has 0 unspecified atom stereocenters. The maximum Gasteiger partial charge on any atom is 0.414 e. The summed E-state index contributed by atoms with van der Waals surface area (Å²) in [6, 6.07) is 6.63. The van der Waals surface area contributed by atoms with Crippen LogP contribution < -0.4 is 0 Å². The van der Waals surface area contributed by atoms with Gasteiger partial charge in [0.2, 0.25) is 5.78 Å². The van der Waals surface area contributed by atoms with E-state index in [9.17, 15) is 14.4 Å². The Morgan fingerprint density at radius 3 is 2.33 bits per heavy atom. The van der Waals surface area contributed by atoms with Crippen LogP contribution in [0.4, 0.5) is 4.79 Å². The quantitative estimate of drug-likeness (QED) is 0.730. The SMILES string of the molecule is CC(C)(C)OC(=O)N1C[C@@H](CCl)C2=C1C(=O)c1ccccc1C2=O. The maximum absolute atomic E-state index is 12.9. The van der Waals surface area contributed by atoms with Crippen LogP contribution in [0.15, 0.2) is 35.5 Å². The number of Topliss-reactive ketones (excluding diaryl/α,β-unsaturated/α-hetero) is 2. The highest BCUT2D eigenvalue weighted by Crippen LogP contribution is 2.39. The lowest BCUT2D eigenvalue weighted by Crippen LogP contribution is -2.38. The Kier molecular flexibility index (Phi) is 4.00. The van der Waals surface area contributed by atoms with Gasteiger partial charge in [-0.15, -0.1) is 11.6 Å². The number of allylic oxidation sites excluding steroid dienone is 1.